The summed E-state index contributed by atoms with van der Waals surface area (Å²) in [5.41, 5.74) is 0.484. The van der Waals surface area contributed by atoms with E-state index in [4.69, 9.17) is 4.74 Å². The van der Waals surface area contributed by atoms with E-state index in [0.717, 1.165) is 0 Å². The van der Waals surface area contributed by atoms with Crippen molar-refractivity contribution >= 4 is 5.91 Å². The molecule has 1 rings (SSSR count). The van der Waals surface area contributed by atoms with Gasteiger partial charge < -0.3 is 15.4 Å². The Kier molecular flexibility index (Phi) is 6.55. The lowest BCUT2D eigenvalue weighted by atomic mass is 10.2. The van der Waals surface area contributed by atoms with Crippen molar-refractivity contribution in [2.45, 2.75) is 46.3 Å². The van der Waals surface area contributed by atoms with Crippen LogP contribution in [0.15, 0.2) is 12.1 Å². The van der Waals surface area contributed by atoms with Gasteiger partial charge in [0.1, 0.15) is 0 Å². The maximum atomic E-state index is 13.8. The molecule has 118 valence electrons. The Morgan fingerprint density at radius 2 is 1.71 bits per heavy atom. The van der Waals surface area contributed by atoms with E-state index < -0.39 is 29.9 Å². The molecule has 0 saturated heterocycles. The van der Waals surface area contributed by atoms with Crippen molar-refractivity contribution in [1.29, 1.82) is 0 Å². The molecule has 0 aromatic heterocycles. The molecular formula is C15H22F2N2O2. The third-order valence-electron chi connectivity index (χ3n) is 2.57. The number of benzene rings is 1. The SMILES string of the molecule is CC(C)NCc1cc(F)c(OCC(=O)NC(C)C)c(F)c1. The predicted molar refractivity (Wildman–Crippen MR) is 77.1 cm³/mol. The van der Waals surface area contributed by atoms with Gasteiger partial charge >= 0.3 is 0 Å². The highest BCUT2D eigenvalue weighted by atomic mass is 19.1. The van der Waals surface area contributed by atoms with Crippen LogP contribution in [0.3, 0.4) is 0 Å². The molecular weight excluding hydrogens is 278 g/mol. The fourth-order valence-electron chi connectivity index (χ4n) is 1.68. The molecule has 0 bridgehead atoms. The highest BCUT2D eigenvalue weighted by molar-refractivity contribution is 5.77. The van der Waals surface area contributed by atoms with Crippen LogP contribution < -0.4 is 15.4 Å². The average Bonchev–Trinajstić information content (AvgIpc) is 2.34. The first-order chi connectivity index (χ1) is 9.79. The van der Waals surface area contributed by atoms with Gasteiger partial charge in [-0.3, -0.25) is 4.79 Å². The number of hydrogen-bond donors (Lipinski definition) is 2. The van der Waals surface area contributed by atoms with Gasteiger partial charge in [0, 0.05) is 18.6 Å². The van der Waals surface area contributed by atoms with Gasteiger partial charge in [-0.1, -0.05) is 13.8 Å². The normalized spacial score (nSPS) is 11.0. The van der Waals surface area contributed by atoms with E-state index in [9.17, 15) is 13.6 Å². The molecule has 1 aromatic carbocycles. The minimum atomic E-state index is -0.812. The molecule has 0 aliphatic rings. The van der Waals surface area contributed by atoms with E-state index in [2.05, 4.69) is 10.6 Å². The average molecular weight is 300 g/mol. The molecule has 0 aliphatic heterocycles. The van der Waals surface area contributed by atoms with Gasteiger partial charge in [-0.05, 0) is 31.5 Å². The molecule has 0 atom stereocenters. The van der Waals surface area contributed by atoms with Gasteiger partial charge in [-0.2, -0.15) is 0 Å². The summed E-state index contributed by atoms with van der Waals surface area (Å²) >= 11 is 0. The summed E-state index contributed by atoms with van der Waals surface area (Å²) in [6, 6.07) is 2.56. The number of amides is 1. The van der Waals surface area contributed by atoms with Crippen molar-refractivity contribution in [3.05, 3.63) is 29.3 Å². The molecule has 6 heteroatoms. The van der Waals surface area contributed by atoms with E-state index in [1.165, 1.54) is 12.1 Å². The molecule has 0 fully saturated rings. The fraction of sp³-hybridized carbons (Fsp3) is 0.533. The lowest BCUT2D eigenvalue weighted by molar-refractivity contribution is -0.123. The number of halogens is 2. The van der Waals surface area contributed by atoms with Crippen LogP contribution in [0.2, 0.25) is 0 Å². The van der Waals surface area contributed by atoms with E-state index in [1.807, 2.05) is 13.8 Å². The second-order valence-corrected chi connectivity index (χ2v) is 5.44. The largest absolute Gasteiger partial charge is 0.478 e. The topological polar surface area (TPSA) is 50.4 Å². The van der Waals surface area contributed by atoms with Gasteiger partial charge in [0.05, 0.1) is 0 Å². The molecule has 0 heterocycles. The van der Waals surface area contributed by atoms with Crippen molar-refractivity contribution in [1.82, 2.24) is 10.6 Å². The zero-order valence-electron chi connectivity index (χ0n) is 12.8. The van der Waals surface area contributed by atoms with E-state index in [1.54, 1.807) is 13.8 Å². The zero-order valence-corrected chi connectivity index (χ0v) is 12.8. The maximum Gasteiger partial charge on any atom is 0.258 e. The smallest absolute Gasteiger partial charge is 0.258 e. The predicted octanol–water partition coefficient (Wildman–Crippen LogP) is 2.37. The van der Waals surface area contributed by atoms with Crippen molar-refractivity contribution in [3.63, 3.8) is 0 Å². The zero-order chi connectivity index (χ0) is 16.0. The van der Waals surface area contributed by atoms with Gasteiger partial charge in [0.25, 0.3) is 5.91 Å². The van der Waals surface area contributed by atoms with Crippen LogP contribution in [-0.4, -0.2) is 24.6 Å². The van der Waals surface area contributed by atoms with Gasteiger partial charge in [0.15, 0.2) is 24.0 Å². The van der Waals surface area contributed by atoms with Crippen LogP contribution in [-0.2, 0) is 11.3 Å². The highest BCUT2D eigenvalue weighted by Crippen LogP contribution is 2.23. The number of carbonyl (C=O) groups is 1. The number of carbonyl (C=O) groups excluding carboxylic acids is 1. The lowest BCUT2D eigenvalue weighted by Gasteiger charge is -2.13. The van der Waals surface area contributed by atoms with E-state index in [-0.39, 0.29) is 12.1 Å². The minimum absolute atomic E-state index is 0.0553. The first-order valence-corrected chi connectivity index (χ1v) is 6.93. The second-order valence-electron chi connectivity index (χ2n) is 5.44. The van der Waals surface area contributed by atoms with Crippen molar-refractivity contribution in [2.24, 2.45) is 0 Å². The standard InChI is InChI=1S/C15H22F2N2O2/c1-9(2)18-7-11-5-12(16)15(13(17)6-11)21-8-14(20)19-10(3)4/h5-6,9-10,18H,7-8H2,1-4H3,(H,19,20). The Balaban J connectivity index is 2.69. The molecule has 4 nitrogen and oxygen atoms in total. The molecule has 0 saturated carbocycles. The van der Waals surface area contributed by atoms with Crippen LogP contribution in [0.4, 0.5) is 8.78 Å². The lowest BCUT2D eigenvalue weighted by Crippen LogP contribution is -2.34. The molecule has 21 heavy (non-hydrogen) atoms. The first-order valence-electron chi connectivity index (χ1n) is 6.93. The summed E-state index contributed by atoms with van der Waals surface area (Å²) in [4.78, 5) is 11.4. The Hall–Kier alpha value is -1.69. The number of ether oxygens (including phenoxy) is 1. The minimum Gasteiger partial charge on any atom is -0.478 e. The van der Waals surface area contributed by atoms with Crippen LogP contribution in [0.1, 0.15) is 33.3 Å². The summed E-state index contributed by atoms with van der Waals surface area (Å²) in [5.74, 6) is -2.57. The third kappa shape index (κ3) is 6.08. The quantitative estimate of drug-likeness (QED) is 0.813. The number of nitrogens with one attached hydrogen (secondary N) is 2. The monoisotopic (exact) mass is 300 g/mol. The van der Waals surface area contributed by atoms with Crippen molar-refractivity contribution in [3.8, 4) is 5.75 Å². The van der Waals surface area contributed by atoms with Crippen LogP contribution in [0.25, 0.3) is 0 Å². The summed E-state index contributed by atoms with van der Waals surface area (Å²) in [7, 11) is 0. The van der Waals surface area contributed by atoms with Crippen molar-refractivity contribution < 1.29 is 18.3 Å². The summed E-state index contributed by atoms with van der Waals surface area (Å²) in [5, 5.41) is 5.65. The fourth-order valence-corrected chi connectivity index (χ4v) is 1.68. The van der Waals surface area contributed by atoms with Gasteiger partial charge in [-0.25, -0.2) is 8.78 Å². The molecule has 0 radical (unpaired) electrons. The first kappa shape index (κ1) is 17.4. The summed E-state index contributed by atoms with van der Waals surface area (Å²) in [6.45, 7) is 7.40. The summed E-state index contributed by atoms with van der Waals surface area (Å²) < 4.78 is 32.6. The van der Waals surface area contributed by atoms with Crippen molar-refractivity contribution in [2.75, 3.05) is 6.61 Å². The molecule has 2 N–H and O–H groups in total. The number of rotatable bonds is 7. The van der Waals surface area contributed by atoms with Gasteiger partial charge in [0.2, 0.25) is 0 Å². The Morgan fingerprint density at radius 1 is 1.14 bits per heavy atom. The Bertz CT molecular complexity index is 468. The summed E-state index contributed by atoms with van der Waals surface area (Å²) in [6.07, 6.45) is 0. The van der Waals surface area contributed by atoms with E-state index >= 15 is 0 Å². The molecule has 1 aromatic rings. The van der Waals surface area contributed by atoms with Crippen LogP contribution in [0.5, 0.6) is 5.75 Å². The number of hydrogen-bond acceptors (Lipinski definition) is 3. The van der Waals surface area contributed by atoms with Crippen LogP contribution >= 0.6 is 0 Å². The highest BCUT2D eigenvalue weighted by Gasteiger charge is 2.14. The van der Waals surface area contributed by atoms with Crippen LogP contribution in [0, 0.1) is 11.6 Å². The molecule has 0 aliphatic carbocycles. The molecule has 0 spiro atoms. The maximum absolute atomic E-state index is 13.8. The second kappa shape index (κ2) is 7.93. The third-order valence-corrected chi connectivity index (χ3v) is 2.57. The Morgan fingerprint density at radius 3 is 2.19 bits per heavy atom. The van der Waals surface area contributed by atoms with Gasteiger partial charge in [-0.15, -0.1) is 0 Å². The molecule has 1 amide bonds. The van der Waals surface area contributed by atoms with E-state index in [0.29, 0.717) is 12.1 Å². The Labute approximate surface area is 123 Å². The molecule has 0 unspecified atom stereocenters.